The first-order valence-electron chi connectivity index (χ1n) is 6.87. The third-order valence-electron chi connectivity index (χ3n) is 3.35. The van der Waals surface area contributed by atoms with E-state index in [1.54, 1.807) is 7.05 Å². The molecule has 0 radical (unpaired) electrons. The number of benzene rings is 1. The first-order chi connectivity index (χ1) is 10.0. The molecule has 1 aromatic carbocycles. The van der Waals surface area contributed by atoms with Crippen molar-refractivity contribution in [3.63, 3.8) is 0 Å². The summed E-state index contributed by atoms with van der Waals surface area (Å²) in [6.45, 7) is 2.05. The van der Waals surface area contributed by atoms with Crippen molar-refractivity contribution in [2.75, 3.05) is 12.3 Å². The van der Waals surface area contributed by atoms with Gasteiger partial charge in [0.25, 0.3) is 5.91 Å². The van der Waals surface area contributed by atoms with Gasteiger partial charge in [0.2, 0.25) is 0 Å². The molecule has 1 amide bonds. The summed E-state index contributed by atoms with van der Waals surface area (Å²) in [5.41, 5.74) is 8.10. The number of carbonyl (C=O) groups excluding carboxylic acids is 1. The molecule has 2 rings (SSSR count). The number of aliphatic hydroxyl groups is 1. The summed E-state index contributed by atoms with van der Waals surface area (Å²) >= 11 is 0. The molecule has 0 spiro atoms. The number of hydrogen-bond acceptors (Lipinski definition) is 4. The minimum atomic E-state index is -0.754. The second kappa shape index (κ2) is 6.41. The van der Waals surface area contributed by atoms with Gasteiger partial charge in [0.15, 0.2) is 0 Å². The number of nitrogens with zero attached hydrogens (tertiary/aromatic N) is 2. The fraction of sp³-hybridized carbons (Fsp3) is 0.333. The summed E-state index contributed by atoms with van der Waals surface area (Å²) in [5.74, 6) is -0.336. The van der Waals surface area contributed by atoms with Crippen LogP contribution in [0.5, 0.6) is 0 Å². The Hall–Kier alpha value is -2.34. The molecule has 4 N–H and O–H groups in total. The van der Waals surface area contributed by atoms with E-state index in [9.17, 15) is 9.90 Å². The fourth-order valence-corrected chi connectivity index (χ4v) is 2.19. The van der Waals surface area contributed by atoms with Crippen molar-refractivity contribution in [3.8, 4) is 0 Å². The normalized spacial score (nSPS) is 12.1. The van der Waals surface area contributed by atoms with E-state index in [-0.39, 0.29) is 12.5 Å². The van der Waals surface area contributed by atoms with Gasteiger partial charge in [-0.25, -0.2) is 0 Å². The van der Waals surface area contributed by atoms with Gasteiger partial charge in [0.05, 0.1) is 17.5 Å². The van der Waals surface area contributed by atoms with Gasteiger partial charge < -0.3 is 16.2 Å². The number of carbonyl (C=O) groups is 1. The summed E-state index contributed by atoms with van der Waals surface area (Å²) in [6, 6.07) is 9.17. The standard InChI is InChI=1S/C15H20N4O2/c1-3-11-13(16)14(19(2)18-11)15(21)17-9-12(20)10-7-5-4-6-8-10/h4-8,12,20H,3,9,16H2,1-2H3,(H,17,21). The maximum Gasteiger partial charge on any atom is 0.271 e. The molecule has 0 aliphatic carbocycles. The first kappa shape index (κ1) is 15.1. The number of nitrogens with two attached hydrogens (primary N) is 1. The van der Waals surface area contributed by atoms with Crippen molar-refractivity contribution >= 4 is 11.6 Å². The molecule has 2 aromatic rings. The van der Waals surface area contributed by atoms with Gasteiger partial charge in [-0.15, -0.1) is 0 Å². The summed E-state index contributed by atoms with van der Waals surface area (Å²) < 4.78 is 1.47. The van der Waals surface area contributed by atoms with E-state index in [1.807, 2.05) is 37.3 Å². The minimum absolute atomic E-state index is 0.120. The van der Waals surface area contributed by atoms with Crippen LogP contribution in [0.3, 0.4) is 0 Å². The molecule has 112 valence electrons. The minimum Gasteiger partial charge on any atom is -0.395 e. The molecule has 1 atom stereocenters. The van der Waals surface area contributed by atoms with Gasteiger partial charge in [0, 0.05) is 13.6 Å². The highest BCUT2D eigenvalue weighted by atomic mass is 16.3. The van der Waals surface area contributed by atoms with E-state index >= 15 is 0 Å². The summed E-state index contributed by atoms with van der Waals surface area (Å²) in [5, 5.41) is 16.9. The van der Waals surface area contributed by atoms with Gasteiger partial charge in [-0.3, -0.25) is 9.48 Å². The Labute approximate surface area is 123 Å². The zero-order chi connectivity index (χ0) is 15.4. The van der Waals surface area contributed by atoms with Crippen LogP contribution in [0.2, 0.25) is 0 Å². The highest BCUT2D eigenvalue weighted by Crippen LogP contribution is 2.17. The van der Waals surface area contributed by atoms with Crippen LogP contribution in [0.4, 0.5) is 5.69 Å². The van der Waals surface area contributed by atoms with Gasteiger partial charge >= 0.3 is 0 Å². The number of rotatable bonds is 5. The van der Waals surface area contributed by atoms with Crippen LogP contribution in [0.1, 0.15) is 34.8 Å². The Kier molecular flexibility index (Phi) is 4.59. The Morgan fingerprint density at radius 3 is 2.67 bits per heavy atom. The van der Waals surface area contributed by atoms with E-state index in [4.69, 9.17) is 5.73 Å². The predicted octanol–water partition coefficient (Wildman–Crippen LogP) is 1.03. The Morgan fingerprint density at radius 2 is 2.10 bits per heavy atom. The Balaban J connectivity index is 2.04. The van der Waals surface area contributed by atoms with Crippen LogP contribution in [0, 0.1) is 0 Å². The number of aryl methyl sites for hydroxylation is 2. The number of nitrogen functional groups attached to an aromatic ring is 1. The molecule has 0 fully saturated rings. The monoisotopic (exact) mass is 288 g/mol. The lowest BCUT2D eigenvalue weighted by molar-refractivity contribution is 0.0908. The number of aromatic nitrogens is 2. The second-order valence-electron chi connectivity index (χ2n) is 4.82. The lowest BCUT2D eigenvalue weighted by Crippen LogP contribution is -2.30. The van der Waals surface area contributed by atoms with Crippen molar-refractivity contribution < 1.29 is 9.90 Å². The van der Waals surface area contributed by atoms with Crippen molar-refractivity contribution in [1.29, 1.82) is 0 Å². The van der Waals surface area contributed by atoms with Crippen molar-refractivity contribution in [2.24, 2.45) is 7.05 Å². The van der Waals surface area contributed by atoms with Crippen LogP contribution >= 0.6 is 0 Å². The summed E-state index contributed by atoms with van der Waals surface area (Å²) in [4.78, 5) is 12.2. The molecule has 1 unspecified atom stereocenters. The van der Waals surface area contributed by atoms with E-state index in [1.165, 1.54) is 4.68 Å². The zero-order valence-electron chi connectivity index (χ0n) is 12.2. The highest BCUT2D eigenvalue weighted by Gasteiger charge is 2.19. The van der Waals surface area contributed by atoms with Crippen molar-refractivity contribution in [3.05, 3.63) is 47.3 Å². The van der Waals surface area contributed by atoms with Crippen LogP contribution in [-0.2, 0) is 13.5 Å². The molecule has 0 bridgehead atoms. The number of hydrogen-bond donors (Lipinski definition) is 3. The van der Waals surface area contributed by atoms with E-state index in [2.05, 4.69) is 10.4 Å². The zero-order valence-corrected chi connectivity index (χ0v) is 12.2. The number of aliphatic hydroxyl groups excluding tert-OH is 1. The van der Waals surface area contributed by atoms with Crippen LogP contribution in [0.15, 0.2) is 30.3 Å². The van der Waals surface area contributed by atoms with Crippen molar-refractivity contribution in [1.82, 2.24) is 15.1 Å². The molecule has 0 aliphatic rings. The van der Waals surface area contributed by atoms with Crippen molar-refractivity contribution in [2.45, 2.75) is 19.4 Å². The van der Waals surface area contributed by atoms with Gasteiger partial charge in [-0.2, -0.15) is 5.10 Å². The second-order valence-corrected chi connectivity index (χ2v) is 4.82. The number of anilines is 1. The molecule has 21 heavy (non-hydrogen) atoms. The van der Waals surface area contributed by atoms with E-state index in [0.29, 0.717) is 23.5 Å². The molecule has 1 heterocycles. The summed E-state index contributed by atoms with van der Waals surface area (Å²) in [6.07, 6.45) is -0.0881. The average Bonchev–Trinajstić information content (AvgIpc) is 2.79. The average molecular weight is 288 g/mol. The molecule has 6 nitrogen and oxygen atoms in total. The molecule has 0 aliphatic heterocycles. The smallest absolute Gasteiger partial charge is 0.271 e. The Morgan fingerprint density at radius 1 is 1.43 bits per heavy atom. The van der Waals surface area contributed by atoms with E-state index < -0.39 is 6.10 Å². The van der Waals surface area contributed by atoms with Gasteiger partial charge in [-0.1, -0.05) is 37.3 Å². The quantitative estimate of drug-likeness (QED) is 0.766. The number of amides is 1. The Bertz CT molecular complexity index is 622. The largest absolute Gasteiger partial charge is 0.395 e. The SMILES string of the molecule is CCc1nn(C)c(C(=O)NCC(O)c2ccccc2)c1N. The lowest BCUT2D eigenvalue weighted by atomic mass is 10.1. The molecule has 0 saturated carbocycles. The van der Waals surface area contributed by atoms with Gasteiger partial charge in [-0.05, 0) is 12.0 Å². The molecule has 0 saturated heterocycles. The van der Waals surface area contributed by atoms with Crippen LogP contribution < -0.4 is 11.1 Å². The fourth-order valence-electron chi connectivity index (χ4n) is 2.19. The number of nitrogens with one attached hydrogen (secondary N) is 1. The topological polar surface area (TPSA) is 93.2 Å². The van der Waals surface area contributed by atoms with Gasteiger partial charge in [0.1, 0.15) is 5.69 Å². The van der Waals surface area contributed by atoms with Crippen LogP contribution in [0.25, 0.3) is 0 Å². The molecule has 1 aromatic heterocycles. The summed E-state index contributed by atoms with van der Waals surface area (Å²) in [7, 11) is 1.68. The maximum absolute atomic E-state index is 12.2. The highest BCUT2D eigenvalue weighted by molar-refractivity contribution is 5.98. The first-order valence-corrected chi connectivity index (χ1v) is 6.87. The predicted molar refractivity (Wildman–Crippen MR) is 80.7 cm³/mol. The third-order valence-corrected chi connectivity index (χ3v) is 3.35. The molecular weight excluding hydrogens is 268 g/mol. The lowest BCUT2D eigenvalue weighted by Gasteiger charge is -2.12. The molecular formula is C15H20N4O2. The van der Waals surface area contributed by atoms with Crippen LogP contribution in [-0.4, -0.2) is 27.3 Å². The molecule has 6 heteroatoms. The third kappa shape index (κ3) is 3.22. The maximum atomic E-state index is 12.2. The van der Waals surface area contributed by atoms with E-state index in [0.717, 1.165) is 5.56 Å².